The first-order valence-electron chi connectivity index (χ1n) is 6.25. The SMILES string of the molecule is NC1Cc2ccncc2NC1=O.O=C(O)C(F)(F)F.O=C(O)C(F)(F)F. The van der Waals surface area contributed by atoms with Crippen LogP contribution in [0.15, 0.2) is 18.5 Å². The van der Waals surface area contributed by atoms with Gasteiger partial charge in [-0.05, 0) is 18.1 Å². The van der Waals surface area contributed by atoms with E-state index in [1.807, 2.05) is 6.07 Å². The molecule has 2 rings (SSSR count). The topological polar surface area (TPSA) is 143 Å². The average Bonchev–Trinajstić information content (AvgIpc) is 2.47. The van der Waals surface area contributed by atoms with Gasteiger partial charge < -0.3 is 21.3 Å². The Morgan fingerprint density at radius 1 is 1.12 bits per heavy atom. The maximum Gasteiger partial charge on any atom is 0.490 e. The molecule has 1 aromatic rings. The van der Waals surface area contributed by atoms with Crippen LogP contribution >= 0.6 is 0 Å². The number of anilines is 1. The summed E-state index contributed by atoms with van der Waals surface area (Å²) in [7, 11) is 0. The van der Waals surface area contributed by atoms with Crippen molar-refractivity contribution < 1.29 is 50.9 Å². The highest BCUT2D eigenvalue weighted by molar-refractivity contribution is 5.97. The molecule has 1 amide bonds. The van der Waals surface area contributed by atoms with Crippen LogP contribution in [-0.2, 0) is 20.8 Å². The fourth-order valence-electron chi connectivity index (χ4n) is 1.27. The lowest BCUT2D eigenvalue weighted by Crippen LogP contribution is -2.41. The highest BCUT2D eigenvalue weighted by atomic mass is 19.4. The van der Waals surface area contributed by atoms with Gasteiger partial charge in [0.1, 0.15) is 0 Å². The third-order valence-electron chi connectivity index (χ3n) is 2.43. The third-order valence-corrected chi connectivity index (χ3v) is 2.43. The minimum absolute atomic E-state index is 0.129. The number of carboxylic acids is 2. The third kappa shape index (κ3) is 8.27. The molecule has 14 heteroatoms. The molecule has 0 fully saturated rings. The van der Waals surface area contributed by atoms with E-state index in [1.54, 1.807) is 12.4 Å². The smallest absolute Gasteiger partial charge is 0.475 e. The predicted molar refractivity (Wildman–Crippen MR) is 71.9 cm³/mol. The van der Waals surface area contributed by atoms with E-state index in [-0.39, 0.29) is 5.91 Å². The van der Waals surface area contributed by atoms with Crippen molar-refractivity contribution in [1.29, 1.82) is 0 Å². The largest absolute Gasteiger partial charge is 0.490 e. The number of halogens is 6. The number of pyridine rings is 1. The molecule has 0 spiro atoms. The van der Waals surface area contributed by atoms with Crippen LogP contribution in [0.1, 0.15) is 5.56 Å². The zero-order chi connectivity index (χ0) is 20.7. The number of fused-ring (bicyclic) bond motifs is 1. The van der Waals surface area contributed by atoms with Crippen molar-refractivity contribution in [3.05, 3.63) is 24.0 Å². The summed E-state index contributed by atoms with van der Waals surface area (Å²) < 4.78 is 63.5. The van der Waals surface area contributed by atoms with E-state index >= 15 is 0 Å². The molecule has 1 aliphatic heterocycles. The fraction of sp³-hybridized carbons (Fsp3) is 0.333. The van der Waals surface area contributed by atoms with Crippen LogP contribution in [0.3, 0.4) is 0 Å². The summed E-state index contributed by atoms with van der Waals surface area (Å²) in [6, 6.07) is 1.45. The molecule has 1 unspecified atom stereocenters. The summed E-state index contributed by atoms with van der Waals surface area (Å²) in [4.78, 5) is 32.8. The first-order chi connectivity index (χ1) is 11.7. The lowest BCUT2D eigenvalue weighted by atomic mass is 10.0. The number of carbonyl (C=O) groups excluding carboxylic acids is 1. The molecule has 26 heavy (non-hydrogen) atoms. The Kier molecular flexibility index (Phi) is 7.98. The van der Waals surface area contributed by atoms with Crippen LogP contribution in [-0.4, -0.2) is 51.4 Å². The molecule has 0 saturated heterocycles. The Morgan fingerprint density at radius 2 is 1.54 bits per heavy atom. The molecular formula is C12H11F6N3O5. The molecule has 0 bridgehead atoms. The number of nitrogens with zero attached hydrogens (tertiary/aromatic N) is 1. The summed E-state index contributed by atoms with van der Waals surface area (Å²) >= 11 is 0. The van der Waals surface area contributed by atoms with Gasteiger partial charge in [-0.3, -0.25) is 9.78 Å². The minimum atomic E-state index is -5.08. The molecule has 1 atom stereocenters. The molecule has 2 heterocycles. The monoisotopic (exact) mass is 391 g/mol. The summed E-state index contributed by atoms with van der Waals surface area (Å²) in [6.45, 7) is 0. The van der Waals surface area contributed by atoms with Gasteiger partial charge in [-0.15, -0.1) is 0 Å². The standard InChI is InChI=1S/C8H9N3O.2C2HF3O2/c9-6-3-5-1-2-10-4-7(5)11-8(6)12;2*3-2(4,5)1(6)7/h1-2,4,6H,3,9H2,(H,11,12);2*(H,6,7). The number of aromatic nitrogens is 1. The summed E-state index contributed by atoms with van der Waals surface area (Å²) in [5.74, 6) is -5.64. The normalized spacial score (nSPS) is 16.0. The van der Waals surface area contributed by atoms with Crippen molar-refractivity contribution in [2.24, 2.45) is 5.73 Å². The Morgan fingerprint density at radius 3 is 1.92 bits per heavy atom. The maximum atomic E-state index is 11.1. The highest BCUT2D eigenvalue weighted by Gasteiger charge is 2.38. The number of amides is 1. The molecule has 1 aromatic heterocycles. The maximum absolute atomic E-state index is 11.1. The first-order valence-corrected chi connectivity index (χ1v) is 6.25. The fourth-order valence-corrected chi connectivity index (χ4v) is 1.27. The van der Waals surface area contributed by atoms with Gasteiger partial charge in [0.2, 0.25) is 5.91 Å². The second-order valence-electron chi connectivity index (χ2n) is 4.44. The van der Waals surface area contributed by atoms with Gasteiger partial charge >= 0.3 is 24.3 Å². The number of nitrogens with two attached hydrogens (primary N) is 1. The van der Waals surface area contributed by atoms with Gasteiger partial charge in [-0.25, -0.2) is 9.59 Å². The second kappa shape index (κ2) is 8.98. The summed E-state index contributed by atoms with van der Waals surface area (Å²) in [5, 5.41) is 16.9. The molecule has 1 aliphatic rings. The van der Waals surface area contributed by atoms with Crippen LogP contribution in [0.25, 0.3) is 0 Å². The molecule has 0 saturated carbocycles. The highest BCUT2D eigenvalue weighted by Crippen LogP contribution is 2.19. The van der Waals surface area contributed by atoms with Crippen LogP contribution in [0.2, 0.25) is 0 Å². The lowest BCUT2D eigenvalue weighted by molar-refractivity contribution is -0.193. The molecule has 146 valence electrons. The summed E-state index contributed by atoms with van der Waals surface area (Å²) in [5.41, 5.74) is 7.40. The number of rotatable bonds is 0. The van der Waals surface area contributed by atoms with Crippen molar-refractivity contribution in [2.75, 3.05) is 5.32 Å². The zero-order valence-corrected chi connectivity index (χ0v) is 12.4. The number of hydrogen-bond donors (Lipinski definition) is 4. The van der Waals surface area contributed by atoms with Crippen LogP contribution in [0.4, 0.5) is 32.0 Å². The number of hydrogen-bond acceptors (Lipinski definition) is 5. The van der Waals surface area contributed by atoms with Crippen LogP contribution in [0.5, 0.6) is 0 Å². The zero-order valence-electron chi connectivity index (χ0n) is 12.4. The van der Waals surface area contributed by atoms with Crippen LogP contribution in [0, 0.1) is 0 Å². The Balaban J connectivity index is 0.000000390. The minimum Gasteiger partial charge on any atom is -0.475 e. The molecule has 8 nitrogen and oxygen atoms in total. The number of nitrogens with one attached hydrogen (secondary N) is 1. The van der Waals surface area contributed by atoms with Crippen molar-refractivity contribution >= 4 is 23.5 Å². The number of alkyl halides is 6. The van der Waals surface area contributed by atoms with Crippen molar-refractivity contribution in [3.63, 3.8) is 0 Å². The molecule has 0 radical (unpaired) electrons. The van der Waals surface area contributed by atoms with E-state index in [0.29, 0.717) is 6.42 Å². The lowest BCUT2D eigenvalue weighted by Gasteiger charge is -2.20. The van der Waals surface area contributed by atoms with Gasteiger partial charge in [0, 0.05) is 6.20 Å². The van der Waals surface area contributed by atoms with Gasteiger partial charge in [0.05, 0.1) is 17.9 Å². The molecule has 0 aliphatic carbocycles. The van der Waals surface area contributed by atoms with Gasteiger partial charge in [-0.1, -0.05) is 0 Å². The predicted octanol–water partition coefficient (Wildman–Crippen LogP) is 1.17. The first kappa shape index (κ1) is 23.1. The Hall–Kier alpha value is -2.90. The molecule has 5 N–H and O–H groups in total. The van der Waals surface area contributed by atoms with E-state index in [1.165, 1.54) is 0 Å². The van der Waals surface area contributed by atoms with Crippen molar-refractivity contribution in [2.45, 2.75) is 24.8 Å². The Labute approximate surface area is 140 Å². The molecular weight excluding hydrogens is 380 g/mol. The van der Waals surface area contributed by atoms with Gasteiger partial charge in [0.15, 0.2) is 0 Å². The van der Waals surface area contributed by atoms with Gasteiger partial charge in [0.25, 0.3) is 0 Å². The van der Waals surface area contributed by atoms with Crippen molar-refractivity contribution in [1.82, 2.24) is 4.98 Å². The summed E-state index contributed by atoms with van der Waals surface area (Å²) in [6.07, 6.45) is -6.23. The van der Waals surface area contributed by atoms with E-state index < -0.39 is 30.3 Å². The second-order valence-corrected chi connectivity index (χ2v) is 4.44. The average molecular weight is 391 g/mol. The van der Waals surface area contributed by atoms with Gasteiger partial charge in [-0.2, -0.15) is 26.3 Å². The van der Waals surface area contributed by atoms with E-state index in [9.17, 15) is 31.1 Å². The van der Waals surface area contributed by atoms with Crippen molar-refractivity contribution in [3.8, 4) is 0 Å². The quantitative estimate of drug-likeness (QED) is 0.486. The Bertz CT molecular complexity index is 637. The van der Waals surface area contributed by atoms with E-state index in [2.05, 4.69) is 10.3 Å². The van der Waals surface area contributed by atoms with E-state index in [0.717, 1.165) is 11.3 Å². The molecule has 0 aromatic carbocycles. The van der Waals surface area contributed by atoms with Crippen LogP contribution < -0.4 is 11.1 Å². The number of carbonyl (C=O) groups is 3. The number of carboxylic acid groups (broad SMARTS) is 2. The number of aliphatic carboxylic acids is 2. The van der Waals surface area contributed by atoms with E-state index in [4.69, 9.17) is 25.5 Å².